The minimum Gasteiger partial charge on any atom is -0.508 e. The second-order valence-corrected chi connectivity index (χ2v) is 4.78. The van der Waals surface area contributed by atoms with Crippen LogP contribution in [-0.4, -0.2) is 12.2 Å². The zero-order chi connectivity index (χ0) is 13.0. The number of hydrogen-bond donors (Lipinski definition) is 2. The Hall–Kier alpha value is -1.68. The van der Waals surface area contributed by atoms with Crippen molar-refractivity contribution in [2.75, 3.05) is 12.4 Å². The number of halogens is 1. The number of nitrogens with one attached hydrogen (secondary N) is 1. The van der Waals surface area contributed by atoms with Crippen LogP contribution < -0.4 is 10.1 Å². The smallest absolute Gasteiger partial charge is 0.142 e. The van der Waals surface area contributed by atoms with Crippen molar-refractivity contribution < 1.29 is 9.84 Å². The van der Waals surface area contributed by atoms with Crippen LogP contribution in [0.3, 0.4) is 0 Å². The van der Waals surface area contributed by atoms with Crippen molar-refractivity contribution in [1.29, 1.82) is 0 Å². The van der Waals surface area contributed by atoms with Gasteiger partial charge >= 0.3 is 0 Å². The second kappa shape index (κ2) is 5.78. The molecule has 0 saturated heterocycles. The Morgan fingerprint density at radius 3 is 2.56 bits per heavy atom. The van der Waals surface area contributed by atoms with Gasteiger partial charge in [0.15, 0.2) is 0 Å². The Bertz CT molecular complexity index is 526. The Labute approximate surface area is 115 Å². The fourth-order valence-corrected chi connectivity index (χ4v) is 1.99. The molecule has 0 saturated carbocycles. The molecule has 0 aliphatic carbocycles. The lowest BCUT2D eigenvalue weighted by Crippen LogP contribution is -2.01. The minimum atomic E-state index is 0.277. The molecule has 3 nitrogen and oxygen atoms in total. The molecule has 0 aliphatic rings. The fourth-order valence-electron chi connectivity index (χ4n) is 1.63. The van der Waals surface area contributed by atoms with Crippen LogP contribution in [0.1, 0.15) is 5.56 Å². The maximum absolute atomic E-state index is 9.21. The molecule has 4 heteroatoms. The molecule has 2 rings (SSSR count). The summed E-state index contributed by atoms with van der Waals surface area (Å²) in [5, 5.41) is 12.5. The molecule has 2 aromatic rings. The van der Waals surface area contributed by atoms with E-state index < -0.39 is 0 Å². The van der Waals surface area contributed by atoms with Crippen molar-refractivity contribution in [3.63, 3.8) is 0 Å². The lowest BCUT2D eigenvalue weighted by atomic mass is 10.2. The first-order chi connectivity index (χ1) is 8.69. The summed E-state index contributed by atoms with van der Waals surface area (Å²) < 4.78 is 6.28. The largest absolute Gasteiger partial charge is 0.508 e. The zero-order valence-corrected chi connectivity index (χ0v) is 11.6. The van der Waals surface area contributed by atoms with Crippen molar-refractivity contribution in [3.05, 3.63) is 52.5 Å². The third kappa shape index (κ3) is 3.17. The number of ether oxygens (including phenoxy) is 1. The molecule has 0 radical (unpaired) electrons. The molecule has 0 atom stereocenters. The Kier molecular flexibility index (Phi) is 4.10. The van der Waals surface area contributed by atoms with Gasteiger partial charge in [0.05, 0.1) is 12.8 Å². The SMILES string of the molecule is COc1ccc(Br)cc1NCc1ccc(O)cc1. The molecular weight excluding hydrogens is 294 g/mol. The van der Waals surface area contributed by atoms with Gasteiger partial charge in [0.2, 0.25) is 0 Å². The fraction of sp³-hybridized carbons (Fsp3) is 0.143. The van der Waals surface area contributed by atoms with Gasteiger partial charge in [0.1, 0.15) is 11.5 Å². The minimum absolute atomic E-state index is 0.277. The van der Waals surface area contributed by atoms with Gasteiger partial charge in [-0.3, -0.25) is 0 Å². The standard InChI is InChI=1S/C14H14BrNO2/c1-18-14-7-4-11(15)8-13(14)16-9-10-2-5-12(17)6-3-10/h2-8,16-17H,9H2,1H3. The van der Waals surface area contributed by atoms with Crippen LogP contribution in [0, 0.1) is 0 Å². The van der Waals surface area contributed by atoms with Crippen LogP contribution in [0.15, 0.2) is 46.9 Å². The van der Waals surface area contributed by atoms with Gasteiger partial charge in [-0.15, -0.1) is 0 Å². The van der Waals surface area contributed by atoms with Crippen molar-refractivity contribution >= 4 is 21.6 Å². The average Bonchev–Trinajstić information content (AvgIpc) is 2.38. The summed E-state index contributed by atoms with van der Waals surface area (Å²) >= 11 is 3.43. The number of aromatic hydroxyl groups is 1. The lowest BCUT2D eigenvalue weighted by molar-refractivity contribution is 0.416. The predicted molar refractivity (Wildman–Crippen MR) is 76.1 cm³/mol. The number of phenolic OH excluding ortho intramolecular Hbond substituents is 1. The van der Waals surface area contributed by atoms with Crippen LogP contribution >= 0.6 is 15.9 Å². The maximum Gasteiger partial charge on any atom is 0.142 e. The van der Waals surface area contributed by atoms with E-state index >= 15 is 0 Å². The highest BCUT2D eigenvalue weighted by Crippen LogP contribution is 2.28. The normalized spacial score (nSPS) is 10.1. The molecule has 0 aliphatic heterocycles. The predicted octanol–water partition coefficient (Wildman–Crippen LogP) is 3.78. The summed E-state index contributed by atoms with van der Waals surface area (Å²) in [5.74, 6) is 1.08. The number of methoxy groups -OCH3 is 1. The van der Waals surface area contributed by atoms with Crippen molar-refractivity contribution in [2.45, 2.75) is 6.54 Å². The van der Waals surface area contributed by atoms with Gasteiger partial charge < -0.3 is 15.2 Å². The van der Waals surface area contributed by atoms with E-state index in [-0.39, 0.29) is 5.75 Å². The Morgan fingerprint density at radius 1 is 1.17 bits per heavy atom. The van der Waals surface area contributed by atoms with E-state index in [1.54, 1.807) is 19.2 Å². The molecule has 2 N–H and O–H groups in total. The summed E-state index contributed by atoms with van der Waals surface area (Å²) in [7, 11) is 1.65. The van der Waals surface area contributed by atoms with Gasteiger partial charge in [0, 0.05) is 11.0 Å². The van der Waals surface area contributed by atoms with Crippen LogP contribution in [-0.2, 0) is 6.54 Å². The quantitative estimate of drug-likeness (QED) is 0.903. The molecule has 0 aromatic heterocycles. The van der Waals surface area contributed by atoms with Gasteiger partial charge in [-0.2, -0.15) is 0 Å². The molecule has 0 bridgehead atoms. The van der Waals surface area contributed by atoms with Crippen LogP contribution in [0.5, 0.6) is 11.5 Å². The van der Waals surface area contributed by atoms with Gasteiger partial charge in [-0.25, -0.2) is 0 Å². The average molecular weight is 308 g/mol. The number of benzene rings is 2. The van der Waals surface area contributed by atoms with E-state index in [0.717, 1.165) is 21.5 Å². The topological polar surface area (TPSA) is 41.5 Å². The zero-order valence-electron chi connectivity index (χ0n) is 9.98. The first-order valence-corrected chi connectivity index (χ1v) is 6.33. The molecule has 18 heavy (non-hydrogen) atoms. The summed E-state index contributed by atoms with van der Waals surface area (Å²) in [5.41, 5.74) is 2.02. The molecule has 0 unspecified atom stereocenters. The summed E-state index contributed by atoms with van der Waals surface area (Å²) in [6, 6.07) is 12.9. The van der Waals surface area contributed by atoms with E-state index in [0.29, 0.717) is 6.54 Å². The lowest BCUT2D eigenvalue weighted by Gasteiger charge is -2.11. The third-order valence-corrected chi connectivity index (χ3v) is 3.07. The van der Waals surface area contributed by atoms with Crippen LogP contribution in [0.4, 0.5) is 5.69 Å². The van der Waals surface area contributed by atoms with E-state index in [1.165, 1.54) is 0 Å². The molecule has 0 heterocycles. The Balaban J connectivity index is 2.09. The highest BCUT2D eigenvalue weighted by molar-refractivity contribution is 9.10. The Morgan fingerprint density at radius 2 is 1.89 bits per heavy atom. The molecule has 0 fully saturated rings. The first-order valence-electron chi connectivity index (χ1n) is 5.54. The molecule has 0 amide bonds. The van der Waals surface area contributed by atoms with Gasteiger partial charge in [-0.05, 0) is 35.9 Å². The molecule has 94 valence electrons. The van der Waals surface area contributed by atoms with Gasteiger partial charge in [0.25, 0.3) is 0 Å². The number of anilines is 1. The van der Waals surface area contributed by atoms with Crippen molar-refractivity contribution in [2.24, 2.45) is 0 Å². The van der Waals surface area contributed by atoms with Crippen LogP contribution in [0.25, 0.3) is 0 Å². The summed E-state index contributed by atoms with van der Waals surface area (Å²) in [6.45, 7) is 0.674. The third-order valence-electron chi connectivity index (χ3n) is 2.58. The highest BCUT2D eigenvalue weighted by Gasteiger charge is 2.03. The number of phenols is 1. The molecular formula is C14H14BrNO2. The summed E-state index contributed by atoms with van der Waals surface area (Å²) in [4.78, 5) is 0. The van der Waals surface area contributed by atoms with E-state index in [9.17, 15) is 5.11 Å². The molecule has 0 spiro atoms. The van der Waals surface area contributed by atoms with Crippen molar-refractivity contribution in [1.82, 2.24) is 0 Å². The van der Waals surface area contributed by atoms with Crippen LogP contribution in [0.2, 0.25) is 0 Å². The summed E-state index contributed by atoms with van der Waals surface area (Å²) in [6.07, 6.45) is 0. The second-order valence-electron chi connectivity index (χ2n) is 3.86. The van der Waals surface area contributed by atoms with Crippen molar-refractivity contribution in [3.8, 4) is 11.5 Å². The number of hydrogen-bond acceptors (Lipinski definition) is 3. The van der Waals surface area contributed by atoms with E-state index in [1.807, 2.05) is 30.3 Å². The van der Waals surface area contributed by atoms with E-state index in [2.05, 4.69) is 21.2 Å². The first kappa shape index (κ1) is 12.8. The maximum atomic E-state index is 9.21. The highest BCUT2D eigenvalue weighted by atomic mass is 79.9. The van der Waals surface area contributed by atoms with E-state index in [4.69, 9.17) is 4.74 Å². The monoisotopic (exact) mass is 307 g/mol. The molecule has 2 aromatic carbocycles. The number of rotatable bonds is 4. The van der Waals surface area contributed by atoms with Gasteiger partial charge in [-0.1, -0.05) is 28.1 Å².